The fourth-order valence-electron chi connectivity index (χ4n) is 12.5. The largest absolute Gasteiger partial charge is 0.460 e. The van der Waals surface area contributed by atoms with Crippen molar-refractivity contribution in [2.75, 3.05) is 34.0 Å². The molecule has 0 aromatic heterocycles. The smallest absolute Gasteiger partial charge is 0.330 e. The van der Waals surface area contributed by atoms with Gasteiger partial charge < -0.3 is 113 Å². The molecular formula is C52H83O25+. The summed E-state index contributed by atoms with van der Waals surface area (Å²) in [4.78, 5) is 26.6. The van der Waals surface area contributed by atoms with Gasteiger partial charge in [0.25, 0.3) is 0 Å². The average molecular weight is 1110 g/mol. The average Bonchev–Trinajstić information content (AvgIpc) is 3.45. The van der Waals surface area contributed by atoms with Gasteiger partial charge in [0.15, 0.2) is 37.2 Å². The number of allylic oxidation sites excluding steroid dienone is 2. The Bertz CT molecular complexity index is 1900. The lowest BCUT2D eigenvalue weighted by Gasteiger charge is -2.50. The molecule has 4 saturated carbocycles. The Morgan fingerprint density at radius 2 is 1.16 bits per heavy atom. The highest BCUT2D eigenvalue weighted by atomic mass is 16.8. The molecule has 8 rings (SSSR count). The molecule has 8 aliphatic rings. The van der Waals surface area contributed by atoms with Crippen LogP contribution in [0.1, 0.15) is 83.5 Å². The van der Waals surface area contributed by atoms with Crippen LogP contribution in [0.3, 0.4) is 0 Å². The highest BCUT2D eigenvalue weighted by Gasteiger charge is 2.58. The molecule has 0 amide bonds. The molecule has 8 fully saturated rings. The second kappa shape index (κ2) is 27.6. The minimum Gasteiger partial charge on any atom is -0.460 e. The number of ether oxygens (including phenoxy) is 11. The summed E-state index contributed by atoms with van der Waals surface area (Å²) in [5.41, 5.74) is 0. The van der Waals surface area contributed by atoms with E-state index in [2.05, 4.69) is 0 Å². The Hall–Kier alpha value is -2.42. The lowest BCUT2D eigenvalue weighted by atomic mass is 9.73. The Morgan fingerprint density at radius 3 is 1.82 bits per heavy atom. The van der Waals surface area contributed by atoms with E-state index in [0.717, 1.165) is 6.08 Å². The summed E-state index contributed by atoms with van der Waals surface area (Å²) in [7, 11) is 2.90. The van der Waals surface area contributed by atoms with Crippen LogP contribution in [-0.2, 0) is 57.0 Å². The van der Waals surface area contributed by atoms with Crippen molar-refractivity contribution in [1.82, 2.24) is 0 Å². The van der Waals surface area contributed by atoms with E-state index < -0.39 is 185 Å². The summed E-state index contributed by atoms with van der Waals surface area (Å²) < 4.78 is 64.9. The highest BCUT2D eigenvalue weighted by Crippen LogP contribution is 2.44. The van der Waals surface area contributed by atoms with E-state index in [4.69, 9.17) is 52.1 Å². The maximum atomic E-state index is 13.5. The first-order chi connectivity index (χ1) is 36.8. The second-order valence-electron chi connectivity index (χ2n) is 22.3. The summed E-state index contributed by atoms with van der Waals surface area (Å²) in [6.07, 6.45) is -19.2. The number of fused-ring (bicyclic) bond motifs is 1. The van der Waals surface area contributed by atoms with Gasteiger partial charge in [0.05, 0.1) is 55.8 Å². The molecule has 22 atom stereocenters. The van der Waals surface area contributed by atoms with E-state index in [1.165, 1.54) is 20.3 Å². The fourth-order valence-corrected chi connectivity index (χ4v) is 12.5. The number of rotatable bonds is 17. The number of carbonyl (C=O) groups excluding carboxylic acids is 2. The topological polar surface area (TPSA) is 382 Å². The molecule has 0 aromatic carbocycles. The molecule has 0 bridgehead atoms. The molecule has 4 aliphatic carbocycles. The third-order valence-electron chi connectivity index (χ3n) is 17.1. The first-order valence-electron chi connectivity index (χ1n) is 27.3. The zero-order valence-corrected chi connectivity index (χ0v) is 43.5. The summed E-state index contributed by atoms with van der Waals surface area (Å²) in [5.74, 6) is -2.76. The van der Waals surface area contributed by atoms with Crippen molar-refractivity contribution in [1.29, 1.82) is 0 Å². The highest BCUT2D eigenvalue weighted by molar-refractivity contribution is 5.82. The zero-order valence-electron chi connectivity index (χ0n) is 43.5. The molecule has 0 spiro atoms. The van der Waals surface area contributed by atoms with Gasteiger partial charge in [-0.1, -0.05) is 12.2 Å². The monoisotopic (exact) mass is 1110 g/mol. The summed E-state index contributed by atoms with van der Waals surface area (Å²) in [6, 6.07) is 0. The molecular weight excluding hydrogens is 1020 g/mol. The van der Waals surface area contributed by atoms with Crippen molar-refractivity contribution in [3.05, 3.63) is 24.3 Å². The normalized spacial score (nSPS) is 48.1. The van der Waals surface area contributed by atoms with Crippen LogP contribution in [0.15, 0.2) is 24.3 Å². The van der Waals surface area contributed by atoms with E-state index in [-0.39, 0.29) is 37.0 Å². The van der Waals surface area contributed by atoms with Gasteiger partial charge in [0.2, 0.25) is 0 Å². The number of hydrogen-bond acceptors (Lipinski definition) is 24. The molecule has 4 saturated heterocycles. The van der Waals surface area contributed by atoms with Crippen molar-refractivity contribution in [3.8, 4) is 0 Å². The predicted molar refractivity (Wildman–Crippen MR) is 259 cm³/mol. The minimum absolute atomic E-state index is 0.0213. The number of methoxy groups -OCH3 is 2. The maximum Gasteiger partial charge on any atom is 0.330 e. The van der Waals surface area contributed by atoms with Crippen LogP contribution in [0.2, 0.25) is 0 Å². The van der Waals surface area contributed by atoms with Crippen LogP contribution in [0.5, 0.6) is 0 Å². The summed E-state index contributed by atoms with van der Waals surface area (Å²) in [5, 5.41) is 130. The molecule has 77 heavy (non-hydrogen) atoms. The van der Waals surface area contributed by atoms with E-state index in [0.29, 0.717) is 64.2 Å². The molecule has 13 N–H and O–H groups in total. The lowest BCUT2D eigenvalue weighted by Crippen LogP contribution is -2.65. The predicted octanol–water partition coefficient (Wildman–Crippen LogP) is -3.62. The molecule has 0 aromatic rings. The number of aliphatic hydroxyl groups excluding tert-OH is 12. The van der Waals surface area contributed by atoms with Crippen molar-refractivity contribution >= 4 is 11.9 Å². The molecule has 25 nitrogen and oxygen atoms in total. The van der Waals surface area contributed by atoms with Crippen LogP contribution in [0.4, 0.5) is 0 Å². The van der Waals surface area contributed by atoms with Gasteiger partial charge in [-0.3, -0.25) is 0 Å². The fraction of sp³-hybridized carbons (Fsp3) is 0.885. The van der Waals surface area contributed by atoms with Gasteiger partial charge >= 0.3 is 11.9 Å². The van der Waals surface area contributed by atoms with Crippen molar-refractivity contribution in [3.63, 3.8) is 0 Å². The van der Waals surface area contributed by atoms with E-state index in [9.17, 15) is 70.9 Å². The molecule has 4 aliphatic heterocycles. The van der Waals surface area contributed by atoms with Crippen LogP contribution in [-0.4, -0.2) is 259 Å². The molecule has 440 valence electrons. The van der Waals surface area contributed by atoms with Crippen molar-refractivity contribution < 1.29 is 123 Å². The van der Waals surface area contributed by atoms with Gasteiger partial charge in [0, 0.05) is 45.1 Å². The number of hydrogen-bond donors (Lipinski definition) is 12. The summed E-state index contributed by atoms with van der Waals surface area (Å²) in [6.45, 7) is -1.81. The maximum absolute atomic E-state index is 13.5. The zero-order chi connectivity index (χ0) is 55.2. The van der Waals surface area contributed by atoms with Crippen molar-refractivity contribution in [2.24, 2.45) is 23.7 Å². The molecule has 0 radical (unpaired) electrons. The SMILES string of the molecule is COC1CC(C=CC(=O)O[C@H]2[C@H](O[C@H]3[C@H](OC4CC5C(O[C@@H]6O[C@H](CO)[C@@H](O)[C@H](O)[C@H]6O)CC(O)CC5[OH+]C4C4CCC(O)CC4)O[C@H](COC(=O)C=CC4CCC(O)CC4)[C@@H](O)[C@@H]3O)OC[C@@H](O)[C@@H]2O)CC(OC)C1O. The minimum atomic E-state index is -1.92. The number of aliphatic hydroxyl groups is 14. The Morgan fingerprint density at radius 1 is 0.545 bits per heavy atom. The lowest BCUT2D eigenvalue weighted by molar-refractivity contribution is -0.385. The number of esters is 2. The van der Waals surface area contributed by atoms with E-state index in [1.807, 2.05) is 0 Å². The third-order valence-corrected chi connectivity index (χ3v) is 17.1. The Kier molecular flexibility index (Phi) is 21.7. The van der Waals surface area contributed by atoms with Gasteiger partial charge in [-0.05, 0) is 82.5 Å². The van der Waals surface area contributed by atoms with Gasteiger partial charge in [0.1, 0.15) is 79.9 Å². The second-order valence-corrected chi connectivity index (χ2v) is 22.3. The first kappa shape index (κ1) is 60.7. The number of carbonyl (C=O) groups is 2. The van der Waals surface area contributed by atoms with Crippen LogP contribution >= 0.6 is 0 Å². The van der Waals surface area contributed by atoms with Gasteiger partial charge in [-0.25, -0.2) is 9.59 Å². The Labute approximate surface area is 446 Å². The van der Waals surface area contributed by atoms with E-state index in [1.54, 1.807) is 12.2 Å². The van der Waals surface area contributed by atoms with Crippen LogP contribution in [0.25, 0.3) is 0 Å². The van der Waals surface area contributed by atoms with E-state index >= 15 is 0 Å². The molecule has 25 heteroatoms. The first-order valence-corrected chi connectivity index (χ1v) is 27.3. The van der Waals surface area contributed by atoms with Crippen LogP contribution < -0.4 is 0 Å². The van der Waals surface area contributed by atoms with Crippen molar-refractivity contribution in [2.45, 2.75) is 231 Å². The Balaban J connectivity index is 1.05. The molecule has 8 unspecified atom stereocenters. The summed E-state index contributed by atoms with van der Waals surface area (Å²) >= 11 is 0. The molecule has 4 heterocycles. The van der Waals surface area contributed by atoms with Gasteiger partial charge in [-0.2, -0.15) is 0 Å². The quantitative estimate of drug-likeness (QED) is 0.0380. The van der Waals surface area contributed by atoms with Crippen LogP contribution in [0, 0.1) is 23.7 Å². The van der Waals surface area contributed by atoms with Gasteiger partial charge in [-0.15, -0.1) is 0 Å². The third kappa shape index (κ3) is 14.8. The standard InChI is InChI=1S/C52H82O25/c1-67-33-15-24(16-34(68-2)41(33)61)6-14-39(59)76-48-40(60)30(57)21-70-51(48)77-49-45(65)43(63)37(22-69-38(58)13-5-23-3-9-26(54)10-4-23)75-52(49)73-35-19-29-31(71-47(35)25-7-11-27(55)12-8-25)17-28(56)18-32(29)72-50-46(66)44(64)42(62)36(20-53)74-50/h5-6,13-14,23-37,40-57,60-66H,3-4,7-12,15-22H2,1-2H3/p+1/t23?,24?,25?,26?,27?,28?,29?,30-,31?,32?,33?,34?,35?,36-,37-,40+,41?,42-,43-,44+,45+,46-,47?,48-,49-,50-,51+,52-/m1/s1.